The normalized spacial score (nSPS) is 17.2. The first kappa shape index (κ1) is 19.6. The van der Waals surface area contributed by atoms with Crippen molar-refractivity contribution in [1.29, 1.82) is 0 Å². The molecule has 1 amide bonds. The Labute approximate surface area is 162 Å². The Hall–Kier alpha value is -2.17. The van der Waals surface area contributed by atoms with Gasteiger partial charge in [-0.2, -0.15) is 4.98 Å². The van der Waals surface area contributed by atoms with Crippen molar-refractivity contribution in [1.82, 2.24) is 15.0 Å². The third-order valence-electron chi connectivity index (χ3n) is 5.29. The molecule has 1 aromatic heterocycles. The van der Waals surface area contributed by atoms with Crippen LogP contribution in [0.15, 0.2) is 34.9 Å². The van der Waals surface area contributed by atoms with Gasteiger partial charge >= 0.3 is 0 Å². The molecule has 0 bridgehead atoms. The molecule has 0 aliphatic carbocycles. The van der Waals surface area contributed by atoms with Gasteiger partial charge < -0.3 is 9.42 Å². The van der Waals surface area contributed by atoms with Crippen LogP contribution in [0.25, 0.3) is 0 Å². The van der Waals surface area contributed by atoms with Gasteiger partial charge in [-0.25, -0.2) is 0 Å². The van der Waals surface area contributed by atoms with Crippen molar-refractivity contribution in [3.63, 3.8) is 0 Å². The van der Waals surface area contributed by atoms with E-state index in [4.69, 9.17) is 4.52 Å². The molecular formula is C22H31N3O2. The van der Waals surface area contributed by atoms with Gasteiger partial charge in [-0.15, -0.1) is 0 Å². The molecule has 1 saturated heterocycles. The number of hydrogen-bond acceptors (Lipinski definition) is 4. The Morgan fingerprint density at radius 1 is 1.15 bits per heavy atom. The van der Waals surface area contributed by atoms with Gasteiger partial charge in [-0.05, 0) is 44.1 Å². The van der Waals surface area contributed by atoms with Crippen molar-refractivity contribution in [2.24, 2.45) is 0 Å². The van der Waals surface area contributed by atoms with Gasteiger partial charge in [0.15, 0.2) is 5.82 Å². The van der Waals surface area contributed by atoms with E-state index >= 15 is 0 Å². The first-order chi connectivity index (χ1) is 13.3. The van der Waals surface area contributed by atoms with Gasteiger partial charge in [0.25, 0.3) is 0 Å². The number of carbonyl (C=O) groups excluding carboxylic acids is 1. The van der Waals surface area contributed by atoms with E-state index in [2.05, 4.69) is 41.3 Å². The quantitative estimate of drug-likeness (QED) is 0.591. The lowest BCUT2D eigenvalue weighted by Gasteiger charge is -2.33. The van der Waals surface area contributed by atoms with Crippen LogP contribution < -0.4 is 0 Å². The molecule has 1 fully saturated rings. The van der Waals surface area contributed by atoms with Crippen LogP contribution in [-0.4, -0.2) is 27.5 Å². The molecular weight excluding hydrogens is 338 g/mol. The minimum Gasteiger partial charge on any atom is -0.337 e. The molecule has 27 heavy (non-hydrogen) atoms. The maximum Gasteiger partial charge on any atom is 0.249 e. The molecule has 3 rings (SSSR count). The van der Waals surface area contributed by atoms with Crippen LogP contribution in [0.4, 0.5) is 0 Å². The monoisotopic (exact) mass is 369 g/mol. The molecule has 0 spiro atoms. The Morgan fingerprint density at radius 2 is 2.00 bits per heavy atom. The molecule has 1 aromatic carbocycles. The number of unbranched alkanes of at least 4 members (excludes halogenated alkanes) is 2. The minimum absolute atomic E-state index is 0.0387. The van der Waals surface area contributed by atoms with E-state index in [1.54, 1.807) is 0 Å². The van der Waals surface area contributed by atoms with Gasteiger partial charge in [-0.1, -0.05) is 55.3 Å². The molecule has 0 saturated carbocycles. The lowest BCUT2D eigenvalue weighted by atomic mass is 10.0. The second-order valence-corrected chi connectivity index (χ2v) is 7.44. The number of amides is 1. The van der Waals surface area contributed by atoms with Crippen LogP contribution in [0.1, 0.15) is 81.6 Å². The molecule has 0 N–H and O–H groups in total. The summed E-state index contributed by atoms with van der Waals surface area (Å²) in [4.78, 5) is 19.2. The van der Waals surface area contributed by atoms with Gasteiger partial charge in [0.05, 0.1) is 0 Å². The summed E-state index contributed by atoms with van der Waals surface area (Å²) in [6.07, 6.45) is 9.73. The third kappa shape index (κ3) is 5.65. The van der Waals surface area contributed by atoms with Crippen LogP contribution in [0.2, 0.25) is 0 Å². The molecule has 146 valence electrons. The number of likely N-dealkylation sites (tertiary alicyclic amines) is 1. The third-order valence-corrected chi connectivity index (χ3v) is 5.29. The number of nitrogens with zero attached hydrogens (tertiary/aromatic N) is 3. The van der Waals surface area contributed by atoms with E-state index < -0.39 is 0 Å². The van der Waals surface area contributed by atoms with Crippen molar-refractivity contribution in [3.05, 3.63) is 47.6 Å². The van der Waals surface area contributed by atoms with E-state index in [0.29, 0.717) is 12.3 Å². The average molecular weight is 370 g/mol. The summed E-state index contributed by atoms with van der Waals surface area (Å²) >= 11 is 0. The number of aromatic nitrogens is 2. The van der Waals surface area contributed by atoms with Gasteiger partial charge in [0, 0.05) is 19.4 Å². The van der Waals surface area contributed by atoms with E-state index in [-0.39, 0.29) is 11.9 Å². The molecule has 1 aliphatic heterocycles. The van der Waals surface area contributed by atoms with Gasteiger partial charge in [-0.3, -0.25) is 4.79 Å². The zero-order chi connectivity index (χ0) is 18.9. The van der Waals surface area contributed by atoms with Crippen LogP contribution in [0.5, 0.6) is 0 Å². The van der Waals surface area contributed by atoms with Crippen molar-refractivity contribution in [3.8, 4) is 0 Å². The van der Waals surface area contributed by atoms with Crippen molar-refractivity contribution >= 4 is 5.91 Å². The van der Waals surface area contributed by atoms with Crippen LogP contribution in [0.3, 0.4) is 0 Å². The average Bonchev–Trinajstić information content (AvgIpc) is 3.18. The minimum atomic E-state index is -0.0387. The first-order valence-electron chi connectivity index (χ1n) is 10.4. The standard InChI is InChI=1S/C22H31N3O2/c1-2-3-5-16-21(26)25-17-9-8-14-19(25)22-23-20(24-27-22)15-10-13-18-11-6-4-7-12-18/h4,6-7,11-12,19H,2-3,5,8-10,13-17H2,1H3/t19-/m0/s1. The van der Waals surface area contributed by atoms with Crippen molar-refractivity contribution in [2.75, 3.05) is 6.54 Å². The fourth-order valence-electron chi connectivity index (χ4n) is 3.76. The van der Waals surface area contributed by atoms with Gasteiger partial charge in [0.2, 0.25) is 11.8 Å². The Kier molecular flexibility index (Phi) is 7.43. The van der Waals surface area contributed by atoms with E-state index in [1.807, 2.05) is 11.0 Å². The molecule has 1 atom stereocenters. The number of aryl methyl sites for hydroxylation is 2. The van der Waals surface area contributed by atoms with Crippen LogP contribution in [0, 0.1) is 0 Å². The fourth-order valence-corrected chi connectivity index (χ4v) is 3.76. The summed E-state index contributed by atoms with van der Waals surface area (Å²) in [5, 5.41) is 4.17. The summed E-state index contributed by atoms with van der Waals surface area (Å²) in [6, 6.07) is 10.4. The second-order valence-electron chi connectivity index (χ2n) is 7.44. The number of benzene rings is 1. The molecule has 5 heteroatoms. The maximum atomic E-state index is 12.6. The number of piperidine rings is 1. The molecule has 0 radical (unpaired) electrons. The SMILES string of the molecule is CCCCCC(=O)N1CCCC[C@H]1c1nc(CCCc2ccccc2)no1. The lowest BCUT2D eigenvalue weighted by Crippen LogP contribution is -2.38. The topological polar surface area (TPSA) is 59.2 Å². The van der Waals surface area contributed by atoms with Crippen LogP contribution >= 0.6 is 0 Å². The summed E-state index contributed by atoms with van der Waals surface area (Å²) in [6.45, 7) is 2.97. The zero-order valence-corrected chi connectivity index (χ0v) is 16.4. The highest BCUT2D eigenvalue weighted by atomic mass is 16.5. The Morgan fingerprint density at radius 3 is 2.81 bits per heavy atom. The van der Waals surface area contributed by atoms with Crippen molar-refractivity contribution < 1.29 is 9.32 Å². The predicted octanol–water partition coefficient (Wildman–Crippen LogP) is 4.88. The van der Waals surface area contributed by atoms with Crippen molar-refractivity contribution in [2.45, 2.75) is 77.2 Å². The summed E-state index contributed by atoms with van der Waals surface area (Å²) in [7, 11) is 0. The number of rotatable bonds is 9. The molecule has 5 nitrogen and oxygen atoms in total. The molecule has 2 aromatic rings. The van der Waals surface area contributed by atoms with E-state index in [9.17, 15) is 4.79 Å². The zero-order valence-electron chi connectivity index (χ0n) is 16.4. The van der Waals surface area contributed by atoms with E-state index in [0.717, 1.165) is 70.2 Å². The molecule has 0 unspecified atom stereocenters. The summed E-state index contributed by atoms with van der Waals surface area (Å²) in [5.74, 6) is 1.61. The lowest BCUT2D eigenvalue weighted by molar-refractivity contribution is -0.135. The van der Waals surface area contributed by atoms with Crippen LogP contribution in [-0.2, 0) is 17.6 Å². The number of hydrogen-bond donors (Lipinski definition) is 0. The maximum absolute atomic E-state index is 12.6. The highest BCUT2D eigenvalue weighted by Gasteiger charge is 2.31. The second kappa shape index (κ2) is 10.2. The Balaban J connectivity index is 1.55. The summed E-state index contributed by atoms with van der Waals surface area (Å²) < 4.78 is 5.56. The largest absolute Gasteiger partial charge is 0.337 e. The highest BCUT2D eigenvalue weighted by Crippen LogP contribution is 2.30. The molecule has 2 heterocycles. The highest BCUT2D eigenvalue weighted by molar-refractivity contribution is 5.76. The number of carbonyl (C=O) groups is 1. The fraction of sp³-hybridized carbons (Fsp3) is 0.591. The summed E-state index contributed by atoms with van der Waals surface area (Å²) in [5.41, 5.74) is 1.33. The van der Waals surface area contributed by atoms with Gasteiger partial charge in [0.1, 0.15) is 6.04 Å². The Bertz CT molecular complexity index is 699. The molecule has 1 aliphatic rings. The first-order valence-corrected chi connectivity index (χ1v) is 10.4. The predicted molar refractivity (Wildman–Crippen MR) is 105 cm³/mol. The van der Waals surface area contributed by atoms with E-state index in [1.165, 1.54) is 5.56 Å². The smallest absolute Gasteiger partial charge is 0.249 e.